The number of fused-ring (bicyclic) bond motifs is 1. The smallest absolute Gasteiger partial charge is 0.293 e. The molecule has 2 aliphatic rings. The number of nitrogens with one attached hydrogen (secondary N) is 1. The minimum absolute atomic E-state index is 0.00949. The van der Waals surface area contributed by atoms with E-state index in [0.29, 0.717) is 16.1 Å². The summed E-state index contributed by atoms with van der Waals surface area (Å²) >= 11 is 0.650. The van der Waals surface area contributed by atoms with E-state index >= 15 is 0 Å². The predicted molar refractivity (Wildman–Crippen MR) is 117 cm³/mol. The first-order valence-electron chi connectivity index (χ1n) is 9.63. The standard InChI is InChI=1S/C21H16FN3O6S2/c22-15-7-3-1-5-13(15)11-16-20(28)24(21(29)32-16)10-9-23-18(26)12-25-19(27)14-6-2-4-8-17(14)33(25,30)31/h1-8,11H,9-10,12H2,(H,23,26)/b16-11-. The number of carbonyl (C=O) groups excluding carboxylic acids is 4. The molecule has 0 atom stereocenters. The van der Waals surface area contributed by atoms with E-state index < -0.39 is 45.3 Å². The zero-order chi connectivity index (χ0) is 23.8. The highest BCUT2D eigenvalue weighted by Gasteiger charge is 2.42. The van der Waals surface area contributed by atoms with Gasteiger partial charge in [0.2, 0.25) is 5.91 Å². The van der Waals surface area contributed by atoms with Crippen molar-refractivity contribution in [1.82, 2.24) is 14.5 Å². The van der Waals surface area contributed by atoms with Gasteiger partial charge in [-0.05, 0) is 36.0 Å². The number of imide groups is 1. The van der Waals surface area contributed by atoms with Gasteiger partial charge in [0.05, 0.1) is 10.5 Å². The lowest BCUT2D eigenvalue weighted by Crippen LogP contribution is -2.43. The minimum atomic E-state index is -4.13. The first kappa shape index (κ1) is 22.7. The molecule has 0 bridgehead atoms. The van der Waals surface area contributed by atoms with E-state index in [9.17, 15) is 32.0 Å². The third-order valence-electron chi connectivity index (χ3n) is 4.92. The van der Waals surface area contributed by atoms with Gasteiger partial charge in [0.25, 0.3) is 27.1 Å². The zero-order valence-electron chi connectivity index (χ0n) is 16.9. The van der Waals surface area contributed by atoms with Crippen LogP contribution in [0.5, 0.6) is 0 Å². The molecule has 2 heterocycles. The minimum Gasteiger partial charge on any atom is -0.353 e. The van der Waals surface area contributed by atoms with Gasteiger partial charge in [0.1, 0.15) is 17.3 Å². The van der Waals surface area contributed by atoms with Gasteiger partial charge in [-0.1, -0.05) is 30.3 Å². The lowest BCUT2D eigenvalue weighted by atomic mass is 10.2. The molecule has 0 unspecified atom stereocenters. The monoisotopic (exact) mass is 489 g/mol. The molecule has 0 saturated carbocycles. The molecule has 2 aromatic carbocycles. The zero-order valence-corrected chi connectivity index (χ0v) is 18.5. The van der Waals surface area contributed by atoms with Crippen LogP contribution < -0.4 is 5.32 Å². The molecule has 0 spiro atoms. The number of rotatable bonds is 6. The van der Waals surface area contributed by atoms with Crippen LogP contribution in [0.2, 0.25) is 0 Å². The number of hydrogen-bond acceptors (Lipinski definition) is 7. The fraction of sp³-hybridized carbons (Fsp3) is 0.143. The number of benzene rings is 2. The Bertz CT molecular complexity index is 1320. The number of nitrogens with zero attached hydrogens (tertiary/aromatic N) is 2. The van der Waals surface area contributed by atoms with E-state index in [-0.39, 0.29) is 34.0 Å². The van der Waals surface area contributed by atoms with Crippen molar-refractivity contribution in [3.63, 3.8) is 0 Å². The van der Waals surface area contributed by atoms with Crippen LogP contribution in [0.1, 0.15) is 15.9 Å². The van der Waals surface area contributed by atoms with E-state index in [1.165, 1.54) is 48.5 Å². The number of halogens is 1. The normalized spacial score (nSPS) is 18.2. The third kappa shape index (κ3) is 4.26. The maximum Gasteiger partial charge on any atom is 0.293 e. The summed E-state index contributed by atoms with van der Waals surface area (Å²) in [6.07, 6.45) is 1.28. The molecule has 12 heteroatoms. The average molecular weight is 490 g/mol. The second kappa shape index (κ2) is 8.79. The maximum atomic E-state index is 13.8. The Morgan fingerprint density at radius 1 is 1.03 bits per heavy atom. The van der Waals surface area contributed by atoms with Crippen LogP contribution in [0.4, 0.5) is 9.18 Å². The Labute approximate surface area is 192 Å². The predicted octanol–water partition coefficient (Wildman–Crippen LogP) is 1.82. The molecule has 0 aliphatic carbocycles. The summed E-state index contributed by atoms with van der Waals surface area (Å²) in [5.41, 5.74) is 0.151. The third-order valence-corrected chi connectivity index (χ3v) is 7.62. The Kier molecular flexibility index (Phi) is 6.04. The molecule has 4 rings (SSSR count). The van der Waals surface area contributed by atoms with E-state index in [1.807, 2.05) is 0 Å². The van der Waals surface area contributed by atoms with Crippen LogP contribution in [0, 0.1) is 5.82 Å². The topological polar surface area (TPSA) is 121 Å². The Hall–Kier alpha value is -3.51. The van der Waals surface area contributed by atoms with E-state index in [2.05, 4.69) is 5.32 Å². The van der Waals surface area contributed by atoms with Gasteiger partial charge >= 0.3 is 0 Å². The Morgan fingerprint density at radius 3 is 2.45 bits per heavy atom. The van der Waals surface area contributed by atoms with Crippen LogP contribution in [0.15, 0.2) is 58.3 Å². The van der Waals surface area contributed by atoms with Crippen LogP contribution >= 0.6 is 11.8 Å². The summed E-state index contributed by atoms with van der Waals surface area (Å²) in [5.74, 6) is -2.74. The SMILES string of the molecule is O=C(CN1C(=O)c2ccccc2S1(=O)=O)NCCN1C(=O)S/C(=C\c2ccccc2F)C1=O. The number of hydrogen-bond donors (Lipinski definition) is 1. The summed E-state index contributed by atoms with van der Waals surface area (Å²) in [6.45, 7) is -1.06. The summed E-state index contributed by atoms with van der Waals surface area (Å²) in [4.78, 5) is 50.0. The number of carbonyl (C=O) groups is 4. The van der Waals surface area contributed by atoms with Crippen LogP contribution in [0.25, 0.3) is 6.08 Å². The summed E-state index contributed by atoms with van der Waals surface area (Å²) in [5, 5.41) is 1.83. The number of amides is 4. The lowest BCUT2D eigenvalue weighted by molar-refractivity contribution is -0.124. The molecule has 2 aromatic rings. The molecule has 9 nitrogen and oxygen atoms in total. The van der Waals surface area contributed by atoms with Crippen molar-refractivity contribution in [2.45, 2.75) is 4.90 Å². The van der Waals surface area contributed by atoms with Crippen molar-refractivity contribution in [2.24, 2.45) is 0 Å². The van der Waals surface area contributed by atoms with Crippen molar-refractivity contribution in [1.29, 1.82) is 0 Å². The Balaban J connectivity index is 1.35. The van der Waals surface area contributed by atoms with Crippen molar-refractivity contribution in [3.8, 4) is 0 Å². The molecule has 170 valence electrons. The first-order chi connectivity index (χ1) is 15.7. The fourth-order valence-corrected chi connectivity index (χ4v) is 5.69. The highest BCUT2D eigenvalue weighted by atomic mass is 32.2. The molecule has 33 heavy (non-hydrogen) atoms. The van der Waals surface area contributed by atoms with Gasteiger partial charge in [-0.3, -0.25) is 24.1 Å². The average Bonchev–Trinajstić information content (AvgIpc) is 3.15. The summed E-state index contributed by atoms with van der Waals surface area (Å²) in [7, 11) is -4.13. The van der Waals surface area contributed by atoms with Crippen LogP contribution in [-0.4, -0.2) is 60.2 Å². The van der Waals surface area contributed by atoms with E-state index in [1.54, 1.807) is 6.07 Å². The van der Waals surface area contributed by atoms with Gasteiger partial charge in [0.15, 0.2) is 0 Å². The summed E-state index contributed by atoms with van der Waals surface area (Å²) in [6, 6.07) is 11.4. The van der Waals surface area contributed by atoms with Gasteiger partial charge in [-0.2, -0.15) is 0 Å². The van der Waals surface area contributed by atoms with Gasteiger partial charge < -0.3 is 5.32 Å². The molecule has 1 fully saturated rings. The molecular formula is C21H16FN3O6S2. The van der Waals surface area contributed by atoms with Crippen molar-refractivity contribution in [3.05, 3.63) is 70.4 Å². The second-order valence-electron chi connectivity index (χ2n) is 7.02. The van der Waals surface area contributed by atoms with E-state index in [4.69, 9.17) is 0 Å². The number of sulfonamides is 1. The van der Waals surface area contributed by atoms with E-state index in [0.717, 1.165) is 4.90 Å². The molecular weight excluding hydrogens is 473 g/mol. The lowest BCUT2D eigenvalue weighted by Gasteiger charge is -2.16. The molecule has 2 aliphatic heterocycles. The molecule has 0 radical (unpaired) electrons. The van der Waals surface area contributed by atoms with Gasteiger partial charge in [-0.25, -0.2) is 17.1 Å². The Morgan fingerprint density at radius 2 is 1.73 bits per heavy atom. The van der Waals surface area contributed by atoms with Crippen molar-refractivity contribution in [2.75, 3.05) is 19.6 Å². The van der Waals surface area contributed by atoms with Crippen molar-refractivity contribution >= 4 is 50.8 Å². The molecule has 0 aromatic heterocycles. The molecule has 4 amide bonds. The largest absolute Gasteiger partial charge is 0.353 e. The molecule has 1 saturated heterocycles. The highest BCUT2D eigenvalue weighted by molar-refractivity contribution is 8.18. The van der Waals surface area contributed by atoms with Gasteiger partial charge in [0, 0.05) is 18.7 Å². The van der Waals surface area contributed by atoms with Crippen molar-refractivity contribution < 1.29 is 32.0 Å². The molecule has 1 N–H and O–H groups in total. The second-order valence-corrected chi connectivity index (χ2v) is 9.84. The highest BCUT2D eigenvalue weighted by Crippen LogP contribution is 2.32. The van der Waals surface area contributed by atoms with Gasteiger partial charge in [-0.15, -0.1) is 0 Å². The van der Waals surface area contributed by atoms with Crippen LogP contribution in [-0.2, 0) is 19.6 Å². The summed E-state index contributed by atoms with van der Waals surface area (Å²) < 4.78 is 39.3. The first-order valence-corrected chi connectivity index (χ1v) is 11.9. The maximum absolute atomic E-state index is 13.8. The number of thioether (sulfide) groups is 1. The quantitative estimate of drug-likeness (QED) is 0.615. The fourth-order valence-electron chi connectivity index (χ4n) is 3.31. The van der Waals surface area contributed by atoms with Crippen LogP contribution in [0.3, 0.4) is 0 Å².